The lowest BCUT2D eigenvalue weighted by Gasteiger charge is -2.22. The van der Waals surface area contributed by atoms with Crippen molar-refractivity contribution in [3.05, 3.63) is 23.8 Å². The average molecular weight is 302 g/mol. The molecule has 2 rings (SSSR count). The van der Waals surface area contributed by atoms with Crippen molar-refractivity contribution in [2.75, 3.05) is 18.4 Å². The van der Waals surface area contributed by atoms with Crippen LogP contribution in [0.1, 0.15) is 24.8 Å². The summed E-state index contributed by atoms with van der Waals surface area (Å²) in [6, 6.07) is 2.45. The van der Waals surface area contributed by atoms with Crippen molar-refractivity contribution in [2.24, 2.45) is 5.92 Å². The van der Waals surface area contributed by atoms with E-state index >= 15 is 0 Å². The van der Waals surface area contributed by atoms with E-state index in [-0.39, 0.29) is 23.8 Å². The van der Waals surface area contributed by atoms with Crippen LogP contribution in [-0.4, -0.2) is 24.1 Å². The van der Waals surface area contributed by atoms with Crippen LogP contribution in [0.5, 0.6) is 5.75 Å². The highest BCUT2D eigenvalue weighted by Crippen LogP contribution is 2.34. The lowest BCUT2D eigenvalue weighted by atomic mass is 9.96. The first-order valence-corrected chi connectivity index (χ1v) is 6.77. The Hall–Kier alpha value is -1.76. The van der Waals surface area contributed by atoms with Crippen molar-refractivity contribution in [3.63, 3.8) is 0 Å². The Bertz CT molecular complexity index is 511. The summed E-state index contributed by atoms with van der Waals surface area (Å²) in [6.07, 6.45) is -2.40. The summed E-state index contributed by atoms with van der Waals surface area (Å²) < 4.78 is 37.8. The number of alkyl halides is 3. The van der Waals surface area contributed by atoms with E-state index < -0.39 is 17.6 Å². The van der Waals surface area contributed by atoms with Gasteiger partial charge >= 0.3 is 6.18 Å². The van der Waals surface area contributed by atoms with E-state index in [0.717, 1.165) is 44.1 Å². The van der Waals surface area contributed by atoms with Gasteiger partial charge in [-0.2, -0.15) is 13.2 Å². The molecule has 7 heteroatoms. The van der Waals surface area contributed by atoms with E-state index in [2.05, 4.69) is 10.6 Å². The number of phenolic OH excluding ortho intramolecular Hbond substituents is 1. The standard InChI is InChI=1S/C14H17F3N2O2/c15-14(16,17)10-3-4-12(20)11(7-10)19-13(21)6-9-2-1-5-18-8-9/h3-4,7,9,18,20H,1-2,5-6,8H2,(H,19,21). The number of phenols is 1. The van der Waals surface area contributed by atoms with Crippen LogP contribution in [0, 0.1) is 5.92 Å². The van der Waals surface area contributed by atoms with Crippen LogP contribution in [0.2, 0.25) is 0 Å². The highest BCUT2D eigenvalue weighted by atomic mass is 19.4. The zero-order valence-electron chi connectivity index (χ0n) is 11.3. The first kappa shape index (κ1) is 15.6. The number of nitrogens with one attached hydrogen (secondary N) is 2. The molecule has 1 saturated heterocycles. The minimum atomic E-state index is -4.51. The number of rotatable bonds is 3. The molecule has 3 N–H and O–H groups in total. The van der Waals surface area contributed by atoms with E-state index in [9.17, 15) is 23.1 Å². The number of hydrogen-bond acceptors (Lipinski definition) is 3. The highest BCUT2D eigenvalue weighted by Gasteiger charge is 2.31. The summed E-state index contributed by atoms with van der Waals surface area (Å²) in [5.41, 5.74) is -1.12. The fraction of sp³-hybridized carbons (Fsp3) is 0.500. The van der Waals surface area contributed by atoms with Gasteiger partial charge in [0.05, 0.1) is 11.3 Å². The van der Waals surface area contributed by atoms with Crippen molar-refractivity contribution in [1.82, 2.24) is 5.32 Å². The molecular weight excluding hydrogens is 285 g/mol. The second kappa shape index (κ2) is 6.34. The number of benzene rings is 1. The Morgan fingerprint density at radius 3 is 2.81 bits per heavy atom. The second-order valence-corrected chi connectivity index (χ2v) is 5.19. The van der Waals surface area contributed by atoms with Crippen LogP contribution in [0.4, 0.5) is 18.9 Å². The zero-order valence-corrected chi connectivity index (χ0v) is 11.3. The molecule has 0 radical (unpaired) electrons. The molecule has 1 atom stereocenters. The van der Waals surface area contributed by atoms with Gasteiger partial charge in [0.15, 0.2) is 0 Å². The van der Waals surface area contributed by atoms with E-state index in [1.54, 1.807) is 0 Å². The molecule has 1 fully saturated rings. The van der Waals surface area contributed by atoms with Crippen LogP contribution in [0.25, 0.3) is 0 Å². The molecule has 1 unspecified atom stereocenters. The van der Waals surface area contributed by atoms with Crippen LogP contribution in [0.15, 0.2) is 18.2 Å². The number of amides is 1. The number of halogens is 3. The third kappa shape index (κ3) is 4.35. The summed E-state index contributed by atoms with van der Waals surface area (Å²) in [5, 5.41) is 15.1. The molecule has 1 aromatic rings. The topological polar surface area (TPSA) is 61.4 Å². The molecule has 0 aromatic heterocycles. The summed E-state index contributed by atoms with van der Waals surface area (Å²) in [5.74, 6) is -0.594. The van der Waals surface area contributed by atoms with E-state index in [1.165, 1.54) is 0 Å². The molecule has 1 amide bonds. The fourth-order valence-electron chi connectivity index (χ4n) is 2.37. The van der Waals surface area contributed by atoms with Gasteiger partial charge in [-0.15, -0.1) is 0 Å². The highest BCUT2D eigenvalue weighted by molar-refractivity contribution is 5.92. The van der Waals surface area contributed by atoms with Crippen molar-refractivity contribution in [1.29, 1.82) is 0 Å². The molecule has 1 aliphatic heterocycles. The number of carbonyl (C=O) groups is 1. The number of piperidine rings is 1. The second-order valence-electron chi connectivity index (χ2n) is 5.19. The number of carbonyl (C=O) groups excluding carboxylic acids is 1. The minimum Gasteiger partial charge on any atom is -0.506 e. The molecule has 0 aliphatic carbocycles. The van der Waals surface area contributed by atoms with E-state index in [0.29, 0.717) is 0 Å². The molecule has 0 bridgehead atoms. The third-order valence-corrected chi connectivity index (χ3v) is 3.47. The summed E-state index contributed by atoms with van der Waals surface area (Å²) >= 11 is 0. The lowest BCUT2D eigenvalue weighted by Crippen LogP contribution is -2.32. The fourth-order valence-corrected chi connectivity index (χ4v) is 2.37. The molecule has 1 aromatic carbocycles. The third-order valence-electron chi connectivity index (χ3n) is 3.47. The summed E-state index contributed by atoms with van der Waals surface area (Å²) in [4.78, 5) is 11.9. The molecular formula is C14H17F3N2O2. The zero-order chi connectivity index (χ0) is 15.5. The Morgan fingerprint density at radius 1 is 1.43 bits per heavy atom. The maximum absolute atomic E-state index is 12.6. The SMILES string of the molecule is O=C(CC1CCCNC1)Nc1cc(C(F)(F)F)ccc1O. The smallest absolute Gasteiger partial charge is 0.416 e. The Morgan fingerprint density at radius 2 is 2.19 bits per heavy atom. The predicted octanol–water partition coefficient (Wildman–Crippen LogP) is 2.74. The van der Waals surface area contributed by atoms with Crippen molar-refractivity contribution < 1.29 is 23.1 Å². The first-order chi connectivity index (χ1) is 9.86. The quantitative estimate of drug-likeness (QED) is 0.752. The van der Waals surface area contributed by atoms with Gasteiger partial charge in [0, 0.05) is 6.42 Å². The van der Waals surface area contributed by atoms with Gasteiger partial charge in [0.2, 0.25) is 5.91 Å². The van der Waals surface area contributed by atoms with Crippen molar-refractivity contribution >= 4 is 11.6 Å². The lowest BCUT2D eigenvalue weighted by molar-refractivity contribution is -0.137. The Kier molecular flexibility index (Phi) is 4.72. The number of anilines is 1. The molecule has 0 spiro atoms. The average Bonchev–Trinajstić information content (AvgIpc) is 2.41. The molecule has 1 heterocycles. The van der Waals surface area contributed by atoms with Gasteiger partial charge in [-0.05, 0) is 50.0 Å². The maximum Gasteiger partial charge on any atom is 0.416 e. The van der Waals surface area contributed by atoms with Crippen LogP contribution in [-0.2, 0) is 11.0 Å². The van der Waals surface area contributed by atoms with Crippen molar-refractivity contribution in [3.8, 4) is 5.75 Å². The summed E-state index contributed by atoms with van der Waals surface area (Å²) in [6.45, 7) is 1.65. The molecule has 4 nitrogen and oxygen atoms in total. The van der Waals surface area contributed by atoms with Crippen LogP contribution in [0.3, 0.4) is 0 Å². The van der Waals surface area contributed by atoms with Crippen LogP contribution >= 0.6 is 0 Å². The first-order valence-electron chi connectivity index (χ1n) is 6.77. The van der Waals surface area contributed by atoms with Gasteiger partial charge < -0.3 is 15.7 Å². The predicted molar refractivity (Wildman–Crippen MR) is 71.9 cm³/mol. The molecule has 116 valence electrons. The van der Waals surface area contributed by atoms with Crippen molar-refractivity contribution in [2.45, 2.75) is 25.4 Å². The van der Waals surface area contributed by atoms with Gasteiger partial charge in [0.25, 0.3) is 0 Å². The van der Waals surface area contributed by atoms with E-state index in [1.807, 2.05) is 0 Å². The van der Waals surface area contributed by atoms with Gasteiger partial charge in [-0.25, -0.2) is 0 Å². The normalized spacial score (nSPS) is 19.3. The summed E-state index contributed by atoms with van der Waals surface area (Å²) in [7, 11) is 0. The Balaban J connectivity index is 2.02. The molecule has 0 saturated carbocycles. The number of hydrogen-bond donors (Lipinski definition) is 3. The van der Waals surface area contributed by atoms with E-state index in [4.69, 9.17) is 0 Å². The number of aromatic hydroxyl groups is 1. The molecule has 1 aliphatic rings. The Labute approximate surface area is 120 Å². The monoisotopic (exact) mass is 302 g/mol. The van der Waals surface area contributed by atoms with Gasteiger partial charge in [-0.3, -0.25) is 4.79 Å². The molecule has 21 heavy (non-hydrogen) atoms. The largest absolute Gasteiger partial charge is 0.506 e. The van der Waals surface area contributed by atoms with Crippen LogP contribution < -0.4 is 10.6 Å². The maximum atomic E-state index is 12.6. The minimum absolute atomic E-state index is 0.173. The van der Waals surface area contributed by atoms with Gasteiger partial charge in [0.1, 0.15) is 5.75 Å². The van der Waals surface area contributed by atoms with Gasteiger partial charge in [-0.1, -0.05) is 0 Å².